The van der Waals surface area contributed by atoms with Gasteiger partial charge in [-0.2, -0.15) is 0 Å². The monoisotopic (exact) mass is 255 g/mol. The Labute approximate surface area is 102 Å². The number of carboxylic acids is 1. The van der Waals surface area contributed by atoms with Gasteiger partial charge in [0, 0.05) is 19.0 Å². The molecule has 1 aromatic heterocycles. The summed E-state index contributed by atoms with van der Waals surface area (Å²) in [6.45, 7) is 0.325. The van der Waals surface area contributed by atoms with Crippen LogP contribution in [0.2, 0.25) is 5.15 Å². The largest absolute Gasteiger partial charge is 0.478 e. The van der Waals surface area contributed by atoms with Crippen LogP contribution in [0.15, 0.2) is 12.1 Å². The van der Waals surface area contributed by atoms with Gasteiger partial charge in [0.05, 0.1) is 5.56 Å². The van der Waals surface area contributed by atoms with Crippen molar-refractivity contribution in [2.45, 2.75) is 12.5 Å². The van der Waals surface area contributed by atoms with Gasteiger partial charge >= 0.3 is 5.97 Å². The number of amides is 1. The van der Waals surface area contributed by atoms with E-state index in [1.165, 1.54) is 17.0 Å². The van der Waals surface area contributed by atoms with E-state index in [0.717, 1.165) is 0 Å². The minimum atomic E-state index is -1.12. The van der Waals surface area contributed by atoms with Gasteiger partial charge in [-0.15, -0.1) is 0 Å². The van der Waals surface area contributed by atoms with Crippen LogP contribution >= 0.6 is 11.6 Å². The number of nitrogens with two attached hydrogens (primary N) is 1. The van der Waals surface area contributed by atoms with Gasteiger partial charge in [0.2, 0.25) is 5.91 Å². The molecule has 3 N–H and O–H groups in total. The van der Waals surface area contributed by atoms with E-state index >= 15 is 0 Å². The highest BCUT2D eigenvalue weighted by Gasteiger charge is 2.29. The van der Waals surface area contributed by atoms with Crippen LogP contribution < -0.4 is 10.6 Å². The number of hydrogen-bond donors (Lipinski definition) is 2. The second-order valence-electron chi connectivity index (χ2n) is 3.81. The molecular formula is C10H10ClN3O3. The number of aromatic carboxylic acids is 1. The fraction of sp³-hybridized carbons (Fsp3) is 0.300. The third-order valence-electron chi connectivity index (χ3n) is 2.46. The van der Waals surface area contributed by atoms with Gasteiger partial charge in [0.25, 0.3) is 0 Å². The fourth-order valence-electron chi connectivity index (χ4n) is 1.70. The van der Waals surface area contributed by atoms with Gasteiger partial charge in [0.15, 0.2) is 0 Å². The van der Waals surface area contributed by atoms with Crippen LogP contribution in [0, 0.1) is 0 Å². The lowest BCUT2D eigenvalue weighted by Gasteiger charge is -2.15. The normalized spacial score (nSPS) is 19.8. The summed E-state index contributed by atoms with van der Waals surface area (Å²) < 4.78 is 0. The molecule has 1 atom stereocenters. The average Bonchev–Trinajstić information content (AvgIpc) is 2.57. The summed E-state index contributed by atoms with van der Waals surface area (Å²) in [5.41, 5.74) is 5.64. The van der Waals surface area contributed by atoms with Crippen molar-refractivity contribution in [3.63, 3.8) is 0 Å². The lowest BCUT2D eigenvalue weighted by atomic mass is 10.2. The van der Waals surface area contributed by atoms with E-state index in [0.29, 0.717) is 6.54 Å². The maximum absolute atomic E-state index is 11.6. The van der Waals surface area contributed by atoms with E-state index in [1.54, 1.807) is 0 Å². The lowest BCUT2D eigenvalue weighted by Crippen LogP contribution is -2.28. The zero-order valence-corrected chi connectivity index (χ0v) is 9.52. The molecule has 1 amide bonds. The fourth-order valence-corrected chi connectivity index (χ4v) is 1.91. The van der Waals surface area contributed by atoms with E-state index in [4.69, 9.17) is 22.4 Å². The Morgan fingerprint density at radius 1 is 1.59 bits per heavy atom. The van der Waals surface area contributed by atoms with Crippen molar-refractivity contribution in [3.05, 3.63) is 22.8 Å². The summed E-state index contributed by atoms with van der Waals surface area (Å²) in [5, 5.41) is 8.92. The molecule has 17 heavy (non-hydrogen) atoms. The minimum absolute atomic E-state index is 0.00623. The zero-order valence-electron chi connectivity index (χ0n) is 8.76. The number of carbonyl (C=O) groups excluding carboxylic acids is 1. The number of pyridine rings is 1. The van der Waals surface area contributed by atoms with Crippen LogP contribution in [0.5, 0.6) is 0 Å². The van der Waals surface area contributed by atoms with Crippen molar-refractivity contribution in [2.24, 2.45) is 5.73 Å². The summed E-state index contributed by atoms with van der Waals surface area (Å²) in [4.78, 5) is 27.7. The number of anilines is 1. The lowest BCUT2D eigenvalue weighted by molar-refractivity contribution is -0.117. The van der Waals surface area contributed by atoms with Crippen molar-refractivity contribution in [3.8, 4) is 0 Å². The Hall–Kier alpha value is -1.66. The van der Waals surface area contributed by atoms with Crippen molar-refractivity contribution >= 4 is 29.3 Å². The molecule has 90 valence electrons. The third kappa shape index (κ3) is 2.37. The maximum atomic E-state index is 11.6. The number of aromatic nitrogens is 1. The van der Waals surface area contributed by atoms with Crippen molar-refractivity contribution in [1.29, 1.82) is 0 Å². The Morgan fingerprint density at radius 2 is 2.29 bits per heavy atom. The Kier molecular flexibility index (Phi) is 2.99. The molecule has 0 bridgehead atoms. The molecule has 0 saturated carbocycles. The first-order valence-electron chi connectivity index (χ1n) is 4.94. The standard InChI is InChI=1S/C10H10ClN3O3/c11-7-1-5(10(16)17)2-8(13-7)14-4-6(12)3-9(14)15/h1-2,6H,3-4,12H2,(H,16,17). The number of halogens is 1. The molecule has 0 aliphatic carbocycles. The maximum Gasteiger partial charge on any atom is 0.335 e. The van der Waals surface area contributed by atoms with Crippen LogP contribution in [0.25, 0.3) is 0 Å². The van der Waals surface area contributed by atoms with Crippen LogP contribution in [-0.4, -0.2) is 34.6 Å². The van der Waals surface area contributed by atoms with Gasteiger partial charge < -0.3 is 10.8 Å². The summed E-state index contributed by atoms with van der Waals surface area (Å²) >= 11 is 5.71. The first-order chi connectivity index (χ1) is 7.97. The molecule has 7 heteroatoms. The van der Waals surface area contributed by atoms with Crippen LogP contribution in [0.4, 0.5) is 5.82 Å². The number of carboxylic acid groups (broad SMARTS) is 1. The topological polar surface area (TPSA) is 96.5 Å². The number of nitrogens with zero attached hydrogens (tertiary/aromatic N) is 2. The predicted molar refractivity (Wildman–Crippen MR) is 61.2 cm³/mol. The van der Waals surface area contributed by atoms with Crippen molar-refractivity contribution in [1.82, 2.24) is 4.98 Å². The first kappa shape index (κ1) is 11.8. The number of carbonyl (C=O) groups is 2. The van der Waals surface area contributed by atoms with Crippen LogP contribution in [-0.2, 0) is 4.79 Å². The highest BCUT2D eigenvalue weighted by Crippen LogP contribution is 2.22. The molecule has 1 aliphatic rings. The van der Waals surface area contributed by atoms with E-state index in [-0.39, 0.29) is 34.9 Å². The van der Waals surface area contributed by atoms with E-state index < -0.39 is 5.97 Å². The Bertz CT molecular complexity index is 492. The molecule has 6 nitrogen and oxygen atoms in total. The quantitative estimate of drug-likeness (QED) is 0.750. The minimum Gasteiger partial charge on any atom is -0.478 e. The summed E-state index contributed by atoms with van der Waals surface area (Å²) in [7, 11) is 0. The third-order valence-corrected chi connectivity index (χ3v) is 2.65. The van der Waals surface area contributed by atoms with E-state index in [9.17, 15) is 9.59 Å². The highest BCUT2D eigenvalue weighted by molar-refractivity contribution is 6.30. The molecule has 0 aromatic carbocycles. The highest BCUT2D eigenvalue weighted by atomic mass is 35.5. The van der Waals surface area contributed by atoms with Crippen LogP contribution in [0.1, 0.15) is 16.8 Å². The van der Waals surface area contributed by atoms with Crippen molar-refractivity contribution < 1.29 is 14.7 Å². The van der Waals surface area contributed by atoms with Crippen molar-refractivity contribution in [2.75, 3.05) is 11.4 Å². The number of hydrogen-bond acceptors (Lipinski definition) is 4. The summed E-state index contributed by atoms with van der Waals surface area (Å²) in [6.07, 6.45) is 0.233. The molecular weight excluding hydrogens is 246 g/mol. The molecule has 1 saturated heterocycles. The summed E-state index contributed by atoms with van der Waals surface area (Å²) in [6, 6.07) is 2.29. The molecule has 1 aliphatic heterocycles. The van der Waals surface area contributed by atoms with Gasteiger partial charge in [-0.05, 0) is 12.1 Å². The molecule has 1 fully saturated rings. The van der Waals surface area contributed by atoms with Gasteiger partial charge in [-0.3, -0.25) is 9.69 Å². The summed E-state index contributed by atoms with van der Waals surface area (Å²) in [5.74, 6) is -1.07. The van der Waals surface area contributed by atoms with Gasteiger partial charge in [-0.25, -0.2) is 9.78 Å². The molecule has 0 spiro atoms. The first-order valence-corrected chi connectivity index (χ1v) is 5.32. The number of rotatable bonds is 2. The Balaban J connectivity index is 2.39. The molecule has 0 radical (unpaired) electrons. The van der Waals surface area contributed by atoms with Crippen LogP contribution in [0.3, 0.4) is 0 Å². The Morgan fingerprint density at radius 3 is 2.82 bits per heavy atom. The average molecular weight is 256 g/mol. The predicted octanol–water partition coefficient (Wildman–Crippen LogP) is 0.497. The van der Waals surface area contributed by atoms with Gasteiger partial charge in [-0.1, -0.05) is 11.6 Å². The SMILES string of the molecule is NC1CC(=O)N(c2cc(C(=O)O)cc(Cl)n2)C1. The zero-order chi connectivity index (χ0) is 12.6. The molecule has 2 heterocycles. The van der Waals surface area contributed by atoms with E-state index in [2.05, 4.69) is 4.98 Å². The van der Waals surface area contributed by atoms with Gasteiger partial charge in [0.1, 0.15) is 11.0 Å². The van der Waals surface area contributed by atoms with E-state index in [1.807, 2.05) is 0 Å². The second-order valence-corrected chi connectivity index (χ2v) is 4.20. The smallest absolute Gasteiger partial charge is 0.335 e. The molecule has 1 unspecified atom stereocenters. The second kappa shape index (κ2) is 4.31. The molecule has 2 rings (SSSR count). The molecule has 1 aromatic rings.